The molecule has 0 fully saturated rings. The summed E-state index contributed by atoms with van der Waals surface area (Å²) in [5.74, 6) is 1.83. The lowest BCUT2D eigenvalue weighted by Crippen LogP contribution is -1.62. The summed E-state index contributed by atoms with van der Waals surface area (Å²) >= 11 is 1.45. The Bertz CT molecular complexity index is 132. The van der Waals surface area contributed by atoms with Crippen LogP contribution in [0, 0.1) is 0 Å². The average molecular weight is 112 g/mol. The molecular formula is C5H4OS. The van der Waals surface area contributed by atoms with Crippen molar-refractivity contribution in [2.75, 3.05) is 0 Å². The van der Waals surface area contributed by atoms with Gasteiger partial charge in [-0.1, -0.05) is 17.8 Å². The SMILES string of the molecule is O=C=C1CC=CS1. The molecule has 0 N–H and O–H groups in total. The van der Waals surface area contributed by atoms with E-state index in [0.29, 0.717) is 0 Å². The van der Waals surface area contributed by atoms with Gasteiger partial charge in [-0.2, -0.15) is 0 Å². The van der Waals surface area contributed by atoms with Crippen LogP contribution >= 0.6 is 11.8 Å². The first-order chi connectivity index (χ1) is 3.43. The van der Waals surface area contributed by atoms with Crippen LogP contribution in [-0.2, 0) is 4.79 Å². The third-order valence-electron chi connectivity index (χ3n) is 0.724. The molecule has 0 radical (unpaired) electrons. The molecular weight excluding hydrogens is 108 g/mol. The van der Waals surface area contributed by atoms with Crippen molar-refractivity contribution in [2.24, 2.45) is 0 Å². The van der Waals surface area contributed by atoms with Crippen LogP contribution in [0.3, 0.4) is 0 Å². The summed E-state index contributed by atoms with van der Waals surface area (Å²) in [6.07, 6.45) is 2.74. The van der Waals surface area contributed by atoms with E-state index in [-0.39, 0.29) is 0 Å². The summed E-state index contributed by atoms with van der Waals surface area (Å²) in [6, 6.07) is 0. The van der Waals surface area contributed by atoms with E-state index in [1.165, 1.54) is 11.8 Å². The monoisotopic (exact) mass is 112 g/mol. The number of thioether (sulfide) groups is 1. The topological polar surface area (TPSA) is 17.1 Å². The van der Waals surface area contributed by atoms with E-state index in [1.807, 2.05) is 17.4 Å². The Hall–Kier alpha value is -0.460. The highest BCUT2D eigenvalue weighted by Gasteiger charge is 1.98. The van der Waals surface area contributed by atoms with Gasteiger partial charge in [-0.3, -0.25) is 0 Å². The van der Waals surface area contributed by atoms with E-state index in [9.17, 15) is 4.79 Å². The molecule has 1 aliphatic rings. The minimum Gasteiger partial charge on any atom is -0.233 e. The van der Waals surface area contributed by atoms with Gasteiger partial charge >= 0.3 is 0 Å². The van der Waals surface area contributed by atoms with Crippen LogP contribution in [0.25, 0.3) is 0 Å². The van der Waals surface area contributed by atoms with Gasteiger partial charge in [0.25, 0.3) is 0 Å². The number of rotatable bonds is 0. The zero-order valence-corrected chi connectivity index (χ0v) is 4.49. The normalized spacial score (nSPS) is 17.4. The zero-order valence-electron chi connectivity index (χ0n) is 3.68. The first-order valence-electron chi connectivity index (χ1n) is 1.99. The standard InChI is InChI=1S/C5H4OS/c6-4-5-2-1-3-7-5/h1,3H,2H2. The lowest BCUT2D eigenvalue weighted by Gasteiger charge is -1.77. The lowest BCUT2D eigenvalue weighted by atomic mass is 10.4. The smallest absolute Gasteiger partial charge is 0.135 e. The molecule has 0 aromatic rings. The largest absolute Gasteiger partial charge is 0.233 e. The molecule has 0 saturated carbocycles. The second-order valence-electron chi connectivity index (χ2n) is 1.22. The fraction of sp³-hybridized carbons (Fsp3) is 0.200. The van der Waals surface area contributed by atoms with Gasteiger partial charge in [-0.05, 0) is 5.41 Å². The number of carbonyl (C=O) groups excluding carboxylic acids is 1. The molecule has 0 aromatic carbocycles. The summed E-state index contributed by atoms with van der Waals surface area (Å²) in [6.45, 7) is 0. The first-order valence-corrected chi connectivity index (χ1v) is 2.87. The summed E-state index contributed by atoms with van der Waals surface area (Å²) in [5, 5.41) is 1.90. The van der Waals surface area contributed by atoms with Crippen LogP contribution in [0.1, 0.15) is 6.42 Å². The fourth-order valence-electron chi connectivity index (χ4n) is 0.399. The number of hydrogen-bond donors (Lipinski definition) is 0. The second-order valence-corrected chi connectivity index (χ2v) is 2.22. The van der Waals surface area contributed by atoms with Gasteiger partial charge < -0.3 is 0 Å². The Morgan fingerprint density at radius 2 is 2.71 bits per heavy atom. The maximum Gasteiger partial charge on any atom is 0.135 e. The van der Waals surface area contributed by atoms with Crippen LogP contribution in [-0.4, -0.2) is 5.94 Å². The molecule has 7 heavy (non-hydrogen) atoms. The van der Waals surface area contributed by atoms with E-state index in [4.69, 9.17) is 0 Å². The van der Waals surface area contributed by atoms with Crippen molar-refractivity contribution >= 4 is 17.7 Å². The second kappa shape index (κ2) is 2.01. The van der Waals surface area contributed by atoms with Gasteiger partial charge in [0.1, 0.15) is 5.94 Å². The molecule has 0 aliphatic carbocycles. The Morgan fingerprint density at radius 3 is 3.00 bits per heavy atom. The maximum absolute atomic E-state index is 9.78. The first kappa shape index (κ1) is 4.69. The average Bonchev–Trinajstić information content (AvgIpc) is 2.14. The molecule has 2 heteroatoms. The third kappa shape index (κ3) is 0.952. The Labute approximate surface area is 46.1 Å². The van der Waals surface area contributed by atoms with Crippen LogP contribution in [0.2, 0.25) is 0 Å². The van der Waals surface area contributed by atoms with E-state index in [0.717, 1.165) is 11.3 Å². The van der Waals surface area contributed by atoms with E-state index in [1.54, 1.807) is 0 Å². The number of hydrogen-bond acceptors (Lipinski definition) is 2. The molecule has 0 aromatic heterocycles. The highest BCUT2D eigenvalue weighted by Crippen LogP contribution is 2.24. The molecule has 1 heterocycles. The summed E-state index contributed by atoms with van der Waals surface area (Å²) < 4.78 is 0. The highest BCUT2D eigenvalue weighted by atomic mass is 32.2. The molecule has 1 nitrogen and oxygen atoms in total. The quantitative estimate of drug-likeness (QED) is 0.440. The highest BCUT2D eigenvalue weighted by molar-refractivity contribution is 8.06. The van der Waals surface area contributed by atoms with Gasteiger partial charge in [0.15, 0.2) is 0 Å². The molecule has 0 amide bonds. The van der Waals surface area contributed by atoms with Crippen molar-refractivity contribution < 1.29 is 4.79 Å². The van der Waals surface area contributed by atoms with Crippen molar-refractivity contribution in [1.82, 2.24) is 0 Å². The van der Waals surface area contributed by atoms with E-state index in [2.05, 4.69) is 0 Å². The molecule has 0 unspecified atom stereocenters. The van der Waals surface area contributed by atoms with Crippen molar-refractivity contribution in [2.45, 2.75) is 6.42 Å². The molecule has 0 bridgehead atoms. The van der Waals surface area contributed by atoms with E-state index >= 15 is 0 Å². The molecule has 0 saturated heterocycles. The van der Waals surface area contributed by atoms with Gasteiger partial charge in [0.2, 0.25) is 0 Å². The van der Waals surface area contributed by atoms with Crippen molar-refractivity contribution in [3.05, 3.63) is 16.4 Å². The van der Waals surface area contributed by atoms with Crippen molar-refractivity contribution in [1.29, 1.82) is 0 Å². The molecule has 1 rings (SSSR count). The van der Waals surface area contributed by atoms with E-state index < -0.39 is 0 Å². The Morgan fingerprint density at radius 1 is 1.86 bits per heavy atom. The maximum atomic E-state index is 9.78. The molecule has 36 valence electrons. The lowest BCUT2D eigenvalue weighted by molar-refractivity contribution is 0.568. The minimum atomic E-state index is 0.786. The fourth-order valence-corrected chi connectivity index (χ4v) is 0.997. The van der Waals surface area contributed by atoms with Crippen molar-refractivity contribution in [3.63, 3.8) is 0 Å². The molecule has 0 spiro atoms. The van der Waals surface area contributed by atoms with Gasteiger partial charge in [0, 0.05) is 6.42 Å². The summed E-state index contributed by atoms with van der Waals surface area (Å²) in [4.78, 5) is 10.6. The van der Waals surface area contributed by atoms with Gasteiger partial charge in [-0.25, -0.2) is 4.79 Å². The molecule has 1 aliphatic heterocycles. The predicted molar refractivity (Wildman–Crippen MR) is 30.6 cm³/mol. The van der Waals surface area contributed by atoms with Crippen LogP contribution in [0.4, 0.5) is 0 Å². The van der Waals surface area contributed by atoms with Crippen LogP contribution < -0.4 is 0 Å². The minimum absolute atomic E-state index is 0.786. The zero-order chi connectivity index (χ0) is 5.11. The van der Waals surface area contributed by atoms with Crippen LogP contribution in [0.5, 0.6) is 0 Å². The summed E-state index contributed by atoms with van der Waals surface area (Å²) in [5.41, 5.74) is 0. The van der Waals surface area contributed by atoms with Gasteiger partial charge in [-0.15, -0.1) is 0 Å². The Kier molecular flexibility index (Phi) is 1.35. The van der Waals surface area contributed by atoms with Crippen molar-refractivity contribution in [3.8, 4) is 0 Å². The van der Waals surface area contributed by atoms with Gasteiger partial charge in [0.05, 0.1) is 4.91 Å². The predicted octanol–water partition coefficient (Wildman–Crippen LogP) is 1.35. The summed E-state index contributed by atoms with van der Waals surface area (Å²) in [7, 11) is 0. The third-order valence-corrected chi connectivity index (χ3v) is 1.59. The molecule has 0 atom stereocenters. The number of allylic oxidation sites excluding steroid dienone is 2. The van der Waals surface area contributed by atoms with Crippen LogP contribution in [0.15, 0.2) is 16.4 Å². The Balaban J connectivity index is 2.68.